The molecule has 0 radical (unpaired) electrons. The number of nitrogens with two attached hydrogens (primary N) is 1. The van der Waals surface area contributed by atoms with E-state index >= 15 is 0 Å². The van der Waals surface area contributed by atoms with E-state index in [9.17, 15) is 0 Å². The van der Waals surface area contributed by atoms with Gasteiger partial charge >= 0.3 is 0 Å². The van der Waals surface area contributed by atoms with Gasteiger partial charge in [0.1, 0.15) is 5.82 Å². The third-order valence-electron chi connectivity index (χ3n) is 2.44. The highest BCUT2D eigenvalue weighted by Gasteiger charge is 1.99. The van der Waals surface area contributed by atoms with Crippen LogP contribution in [0.15, 0.2) is 36.5 Å². The van der Waals surface area contributed by atoms with Crippen molar-refractivity contribution in [2.45, 2.75) is 6.42 Å². The van der Waals surface area contributed by atoms with E-state index in [1.807, 2.05) is 30.3 Å². The van der Waals surface area contributed by atoms with Crippen LogP contribution in [0, 0.1) is 0 Å². The molecule has 0 aliphatic rings. The Morgan fingerprint density at radius 1 is 1.16 bits per heavy atom. The predicted octanol–water partition coefficient (Wildman–Crippen LogP) is 2.63. The van der Waals surface area contributed by atoms with Crippen molar-refractivity contribution >= 4 is 29.1 Å². The van der Waals surface area contributed by atoms with Gasteiger partial charge in [0, 0.05) is 23.5 Å². The fraction of sp³-hybridized carbons (Fsp3) is 0.231. The molecule has 4 N–H and O–H groups in total. The summed E-state index contributed by atoms with van der Waals surface area (Å²) in [4.78, 5) is 8.52. The van der Waals surface area contributed by atoms with Gasteiger partial charge in [0.2, 0.25) is 5.95 Å². The minimum atomic E-state index is 0.542. The minimum Gasteiger partial charge on any atom is -0.370 e. The van der Waals surface area contributed by atoms with Gasteiger partial charge in [-0.25, -0.2) is 4.98 Å². The van der Waals surface area contributed by atoms with E-state index in [0.717, 1.165) is 24.5 Å². The summed E-state index contributed by atoms with van der Waals surface area (Å²) in [6.07, 6.45) is 2.61. The lowest BCUT2D eigenvalue weighted by Crippen LogP contribution is -2.10. The summed E-state index contributed by atoms with van der Waals surface area (Å²) in [5.74, 6) is 1.32. The number of rotatable bonds is 6. The summed E-state index contributed by atoms with van der Waals surface area (Å²) < 4.78 is 0. The van der Waals surface area contributed by atoms with Crippen LogP contribution < -0.4 is 16.4 Å². The van der Waals surface area contributed by atoms with E-state index in [2.05, 4.69) is 20.6 Å². The maximum atomic E-state index is 5.83. The molecule has 6 heteroatoms. The maximum Gasteiger partial charge on any atom is 0.229 e. The Hall–Kier alpha value is -1.85. The van der Waals surface area contributed by atoms with Crippen LogP contribution in [0.25, 0.3) is 0 Å². The Balaban J connectivity index is 2.00. The number of nitrogens with one attached hydrogen (secondary N) is 2. The molecule has 2 rings (SSSR count). The van der Waals surface area contributed by atoms with Gasteiger partial charge in [-0.05, 0) is 43.3 Å². The largest absolute Gasteiger partial charge is 0.370 e. The van der Waals surface area contributed by atoms with E-state index in [4.69, 9.17) is 17.3 Å². The molecule has 0 aliphatic heterocycles. The second-order valence-electron chi connectivity index (χ2n) is 3.97. The standard InChI is InChI=1S/C13H16ClN5/c14-10-2-4-11(5-3-10)18-13-17-9-6-12(19-13)16-8-1-7-15/h2-6,9H,1,7-8,15H2,(H2,16,17,18,19). The topological polar surface area (TPSA) is 75.9 Å². The first-order chi connectivity index (χ1) is 9.28. The zero-order chi connectivity index (χ0) is 13.5. The second-order valence-corrected chi connectivity index (χ2v) is 4.40. The number of aromatic nitrogens is 2. The maximum absolute atomic E-state index is 5.83. The van der Waals surface area contributed by atoms with Crippen molar-refractivity contribution in [3.05, 3.63) is 41.6 Å². The van der Waals surface area contributed by atoms with Crippen LogP contribution in [0.5, 0.6) is 0 Å². The molecule has 0 fully saturated rings. The molecule has 0 aliphatic carbocycles. The lowest BCUT2D eigenvalue weighted by atomic mass is 10.3. The summed E-state index contributed by atoms with van der Waals surface area (Å²) >= 11 is 5.83. The third kappa shape index (κ3) is 4.39. The molecule has 19 heavy (non-hydrogen) atoms. The van der Waals surface area contributed by atoms with E-state index in [0.29, 0.717) is 17.5 Å². The molecule has 0 amide bonds. The average Bonchev–Trinajstić information content (AvgIpc) is 2.42. The lowest BCUT2D eigenvalue weighted by molar-refractivity contribution is 0.869. The molecule has 5 nitrogen and oxygen atoms in total. The van der Waals surface area contributed by atoms with Crippen LogP contribution in [0.3, 0.4) is 0 Å². The van der Waals surface area contributed by atoms with Crippen LogP contribution in [-0.2, 0) is 0 Å². The molecule has 0 atom stereocenters. The van der Waals surface area contributed by atoms with Gasteiger partial charge < -0.3 is 16.4 Å². The molecule has 1 aromatic heterocycles. The molecule has 100 valence electrons. The number of hydrogen-bond acceptors (Lipinski definition) is 5. The van der Waals surface area contributed by atoms with Crippen molar-refractivity contribution in [2.75, 3.05) is 23.7 Å². The Bertz CT molecular complexity index is 515. The van der Waals surface area contributed by atoms with Gasteiger partial charge in [-0.2, -0.15) is 4.98 Å². The number of halogens is 1. The van der Waals surface area contributed by atoms with Crippen LogP contribution in [-0.4, -0.2) is 23.1 Å². The molecule has 0 spiro atoms. The van der Waals surface area contributed by atoms with Crippen molar-refractivity contribution in [1.29, 1.82) is 0 Å². The van der Waals surface area contributed by atoms with Gasteiger partial charge in [0.15, 0.2) is 0 Å². The highest BCUT2D eigenvalue weighted by atomic mass is 35.5. The number of hydrogen-bond donors (Lipinski definition) is 3. The molecule has 0 unspecified atom stereocenters. The van der Waals surface area contributed by atoms with Crippen molar-refractivity contribution in [3.63, 3.8) is 0 Å². The highest BCUT2D eigenvalue weighted by Crippen LogP contribution is 2.17. The summed E-state index contributed by atoms with van der Waals surface area (Å²) in [6, 6.07) is 9.20. The monoisotopic (exact) mass is 277 g/mol. The van der Waals surface area contributed by atoms with Crippen molar-refractivity contribution in [3.8, 4) is 0 Å². The fourth-order valence-electron chi connectivity index (χ4n) is 1.50. The number of nitrogens with zero attached hydrogens (tertiary/aromatic N) is 2. The number of benzene rings is 1. The van der Waals surface area contributed by atoms with Gasteiger partial charge in [0.05, 0.1) is 0 Å². The van der Waals surface area contributed by atoms with Crippen LogP contribution in [0.4, 0.5) is 17.5 Å². The molecular weight excluding hydrogens is 262 g/mol. The summed E-state index contributed by atoms with van der Waals surface area (Å²) in [7, 11) is 0. The van der Waals surface area contributed by atoms with Crippen LogP contribution in [0.2, 0.25) is 5.02 Å². The van der Waals surface area contributed by atoms with Crippen molar-refractivity contribution in [2.24, 2.45) is 5.73 Å². The first-order valence-electron chi connectivity index (χ1n) is 6.07. The molecule has 0 saturated carbocycles. The lowest BCUT2D eigenvalue weighted by Gasteiger charge is -2.08. The molecule has 0 saturated heterocycles. The molecular formula is C13H16ClN5. The Labute approximate surface area is 117 Å². The summed E-state index contributed by atoms with van der Waals surface area (Å²) in [6.45, 7) is 1.46. The Kier molecular flexibility index (Phi) is 4.94. The predicted molar refractivity (Wildman–Crippen MR) is 78.9 cm³/mol. The molecule has 0 bridgehead atoms. The van der Waals surface area contributed by atoms with E-state index in [1.165, 1.54) is 0 Å². The van der Waals surface area contributed by atoms with Gasteiger partial charge in [0.25, 0.3) is 0 Å². The minimum absolute atomic E-state index is 0.542. The zero-order valence-electron chi connectivity index (χ0n) is 10.4. The second kappa shape index (κ2) is 6.92. The average molecular weight is 278 g/mol. The highest BCUT2D eigenvalue weighted by molar-refractivity contribution is 6.30. The van der Waals surface area contributed by atoms with E-state index in [1.54, 1.807) is 6.20 Å². The van der Waals surface area contributed by atoms with Crippen molar-refractivity contribution < 1.29 is 0 Å². The zero-order valence-corrected chi connectivity index (χ0v) is 11.2. The molecule has 1 aromatic carbocycles. The van der Waals surface area contributed by atoms with Crippen LogP contribution >= 0.6 is 11.6 Å². The Morgan fingerprint density at radius 2 is 1.95 bits per heavy atom. The smallest absolute Gasteiger partial charge is 0.229 e. The first-order valence-corrected chi connectivity index (χ1v) is 6.45. The van der Waals surface area contributed by atoms with E-state index in [-0.39, 0.29) is 0 Å². The summed E-state index contributed by atoms with van der Waals surface area (Å²) in [5.41, 5.74) is 6.33. The molecule has 2 aromatic rings. The normalized spacial score (nSPS) is 10.2. The molecule has 1 heterocycles. The van der Waals surface area contributed by atoms with Gasteiger partial charge in [-0.3, -0.25) is 0 Å². The van der Waals surface area contributed by atoms with Gasteiger partial charge in [-0.1, -0.05) is 11.6 Å². The SMILES string of the molecule is NCCCNc1ccnc(Nc2ccc(Cl)cc2)n1. The van der Waals surface area contributed by atoms with Gasteiger partial charge in [-0.15, -0.1) is 0 Å². The van der Waals surface area contributed by atoms with Crippen molar-refractivity contribution in [1.82, 2.24) is 9.97 Å². The number of anilines is 3. The third-order valence-corrected chi connectivity index (χ3v) is 2.69. The summed E-state index contributed by atoms with van der Waals surface area (Å²) in [5, 5.41) is 7.00. The van der Waals surface area contributed by atoms with E-state index < -0.39 is 0 Å². The Morgan fingerprint density at radius 3 is 2.68 bits per heavy atom. The van der Waals surface area contributed by atoms with Crippen LogP contribution in [0.1, 0.15) is 6.42 Å². The first kappa shape index (κ1) is 13.6. The quantitative estimate of drug-likeness (QED) is 0.708. The fourth-order valence-corrected chi connectivity index (χ4v) is 1.62.